The molecule has 1 unspecified atom stereocenters. The summed E-state index contributed by atoms with van der Waals surface area (Å²) < 4.78 is 10.5. The molecule has 1 N–H and O–H groups in total. The van der Waals surface area contributed by atoms with Gasteiger partial charge in [0.15, 0.2) is 0 Å². The van der Waals surface area contributed by atoms with Crippen LogP contribution in [0.25, 0.3) is 0 Å². The van der Waals surface area contributed by atoms with Crippen LogP contribution >= 0.6 is 0 Å². The van der Waals surface area contributed by atoms with Crippen LogP contribution in [0.15, 0.2) is 24.3 Å². The monoisotopic (exact) mass is 249 g/mol. The Hall–Kier alpha value is -1.06. The zero-order valence-corrected chi connectivity index (χ0v) is 11.3. The van der Waals surface area contributed by atoms with Crippen molar-refractivity contribution in [1.82, 2.24) is 5.32 Å². The van der Waals surface area contributed by atoms with E-state index in [1.54, 1.807) is 14.2 Å². The lowest BCUT2D eigenvalue weighted by Gasteiger charge is -2.17. The molecule has 18 heavy (non-hydrogen) atoms. The third kappa shape index (κ3) is 4.00. The number of methoxy groups -OCH3 is 2. The minimum absolute atomic E-state index is 0.528. The molecule has 1 saturated carbocycles. The van der Waals surface area contributed by atoms with Gasteiger partial charge in [-0.1, -0.05) is 12.1 Å². The molecule has 2 rings (SSSR count). The molecule has 0 saturated heterocycles. The predicted octanol–water partition coefficient (Wildman–Crippen LogP) is 2.25. The summed E-state index contributed by atoms with van der Waals surface area (Å²) in [7, 11) is 3.48. The van der Waals surface area contributed by atoms with Gasteiger partial charge in [0.05, 0.1) is 13.7 Å². The molecule has 1 fully saturated rings. The third-order valence-corrected chi connectivity index (χ3v) is 3.49. The Morgan fingerprint density at radius 2 is 2.17 bits per heavy atom. The van der Waals surface area contributed by atoms with Crippen molar-refractivity contribution in [2.75, 3.05) is 27.4 Å². The number of hydrogen-bond donors (Lipinski definition) is 1. The Bertz CT molecular complexity index is 363. The Balaban J connectivity index is 1.76. The van der Waals surface area contributed by atoms with E-state index in [0.717, 1.165) is 31.2 Å². The molecule has 3 heteroatoms. The smallest absolute Gasteiger partial charge is 0.119 e. The second-order valence-electron chi connectivity index (χ2n) is 4.95. The third-order valence-electron chi connectivity index (χ3n) is 3.49. The molecule has 0 amide bonds. The van der Waals surface area contributed by atoms with E-state index in [1.807, 2.05) is 12.1 Å². The highest BCUT2D eigenvalue weighted by molar-refractivity contribution is 5.28. The zero-order valence-electron chi connectivity index (χ0n) is 11.3. The first-order valence-electron chi connectivity index (χ1n) is 6.68. The molecule has 0 bridgehead atoms. The van der Waals surface area contributed by atoms with Gasteiger partial charge in [-0.15, -0.1) is 0 Å². The Labute approximate surface area is 109 Å². The van der Waals surface area contributed by atoms with Crippen molar-refractivity contribution in [3.05, 3.63) is 29.8 Å². The van der Waals surface area contributed by atoms with E-state index in [1.165, 1.54) is 18.4 Å². The van der Waals surface area contributed by atoms with E-state index < -0.39 is 0 Å². The summed E-state index contributed by atoms with van der Waals surface area (Å²) in [5.41, 5.74) is 1.31. The van der Waals surface area contributed by atoms with Crippen LogP contribution < -0.4 is 10.1 Å². The first-order chi connectivity index (χ1) is 8.83. The van der Waals surface area contributed by atoms with Gasteiger partial charge in [0.1, 0.15) is 5.75 Å². The maximum absolute atomic E-state index is 5.26. The molecule has 0 radical (unpaired) electrons. The van der Waals surface area contributed by atoms with Gasteiger partial charge in [0.25, 0.3) is 0 Å². The normalized spacial score (nSPS) is 16.6. The molecular weight excluding hydrogens is 226 g/mol. The van der Waals surface area contributed by atoms with E-state index in [-0.39, 0.29) is 0 Å². The first-order valence-corrected chi connectivity index (χ1v) is 6.68. The summed E-state index contributed by atoms with van der Waals surface area (Å²) in [5.74, 6) is 1.76. The van der Waals surface area contributed by atoms with Crippen LogP contribution in [0.2, 0.25) is 0 Å². The number of ether oxygens (including phenoxy) is 2. The summed E-state index contributed by atoms with van der Waals surface area (Å²) in [6, 6.07) is 8.80. The fraction of sp³-hybridized carbons (Fsp3) is 0.600. The van der Waals surface area contributed by atoms with Crippen molar-refractivity contribution in [2.24, 2.45) is 5.92 Å². The quantitative estimate of drug-likeness (QED) is 0.766. The Kier molecular flexibility index (Phi) is 5.02. The van der Waals surface area contributed by atoms with E-state index in [9.17, 15) is 0 Å². The molecular formula is C15H23NO2. The highest BCUT2D eigenvalue weighted by Crippen LogP contribution is 2.32. The SMILES string of the molecule is COCC(NCCc1cccc(OC)c1)C1CC1. The van der Waals surface area contributed by atoms with E-state index in [0.29, 0.717) is 6.04 Å². The van der Waals surface area contributed by atoms with E-state index in [4.69, 9.17) is 9.47 Å². The maximum atomic E-state index is 5.26. The van der Waals surface area contributed by atoms with Crippen LogP contribution in [0, 0.1) is 5.92 Å². The van der Waals surface area contributed by atoms with Crippen LogP contribution in [0.4, 0.5) is 0 Å². The highest BCUT2D eigenvalue weighted by Gasteiger charge is 2.30. The van der Waals surface area contributed by atoms with Crippen molar-refractivity contribution >= 4 is 0 Å². The van der Waals surface area contributed by atoms with Crippen molar-refractivity contribution < 1.29 is 9.47 Å². The summed E-state index contributed by atoms with van der Waals surface area (Å²) in [5, 5.41) is 3.60. The predicted molar refractivity (Wildman–Crippen MR) is 73.1 cm³/mol. The number of nitrogens with one attached hydrogen (secondary N) is 1. The van der Waals surface area contributed by atoms with E-state index >= 15 is 0 Å². The first kappa shape index (κ1) is 13.4. The van der Waals surface area contributed by atoms with Crippen molar-refractivity contribution in [3.8, 4) is 5.75 Å². The van der Waals surface area contributed by atoms with Gasteiger partial charge in [0.2, 0.25) is 0 Å². The van der Waals surface area contributed by atoms with Crippen molar-refractivity contribution in [1.29, 1.82) is 0 Å². The average molecular weight is 249 g/mol. The van der Waals surface area contributed by atoms with Gasteiger partial charge in [-0.2, -0.15) is 0 Å². The lowest BCUT2D eigenvalue weighted by atomic mass is 10.1. The minimum atomic E-state index is 0.528. The lowest BCUT2D eigenvalue weighted by molar-refractivity contribution is 0.158. The second-order valence-corrected chi connectivity index (χ2v) is 4.95. The van der Waals surface area contributed by atoms with Gasteiger partial charge >= 0.3 is 0 Å². The molecule has 0 spiro atoms. The van der Waals surface area contributed by atoms with Crippen LogP contribution in [0.3, 0.4) is 0 Å². The van der Waals surface area contributed by atoms with E-state index in [2.05, 4.69) is 17.4 Å². The average Bonchev–Trinajstić information content (AvgIpc) is 3.22. The second kappa shape index (κ2) is 6.76. The Morgan fingerprint density at radius 1 is 1.33 bits per heavy atom. The molecule has 0 aliphatic heterocycles. The van der Waals surface area contributed by atoms with Gasteiger partial charge in [0, 0.05) is 13.2 Å². The molecule has 3 nitrogen and oxygen atoms in total. The Morgan fingerprint density at radius 3 is 2.83 bits per heavy atom. The number of rotatable bonds is 8. The molecule has 0 heterocycles. The topological polar surface area (TPSA) is 30.5 Å². The van der Waals surface area contributed by atoms with Crippen molar-refractivity contribution in [3.63, 3.8) is 0 Å². The maximum Gasteiger partial charge on any atom is 0.119 e. The van der Waals surface area contributed by atoms with Crippen LogP contribution in [0.1, 0.15) is 18.4 Å². The molecule has 1 aliphatic carbocycles. The molecule has 100 valence electrons. The van der Waals surface area contributed by atoms with Gasteiger partial charge in [-0.3, -0.25) is 0 Å². The van der Waals surface area contributed by atoms with Crippen LogP contribution in [-0.4, -0.2) is 33.4 Å². The number of hydrogen-bond acceptors (Lipinski definition) is 3. The summed E-state index contributed by atoms with van der Waals surface area (Å²) >= 11 is 0. The fourth-order valence-corrected chi connectivity index (χ4v) is 2.27. The summed E-state index contributed by atoms with van der Waals surface area (Å²) in [6.45, 7) is 1.82. The lowest BCUT2D eigenvalue weighted by Crippen LogP contribution is -2.36. The molecule has 1 aromatic carbocycles. The molecule has 0 aromatic heterocycles. The summed E-state index contributed by atoms with van der Waals surface area (Å²) in [4.78, 5) is 0. The van der Waals surface area contributed by atoms with Crippen LogP contribution in [0.5, 0.6) is 5.75 Å². The standard InChI is InChI=1S/C15H23NO2/c1-17-11-15(13-6-7-13)16-9-8-12-4-3-5-14(10-12)18-2/h3-5,10,13,15-16H,6-9,11H2,1-2H3. The zero-order chi connectivity index (χ0) is 12.8. The van der Waals surface area contributed by atoms with Crippen LogP contribution in [-0.2, 0) is 11.2 Å². The molecule has 1 aromatic rings. The fourth-order valence-electron chi connectivity index (χ4n) is 2.27. The van der Waals surface area contributed by atoms with Gasteiger partial charge < -0.3 is 14.8 Å². The van der Waals surface area contributed by atoms with Gasteiger partial charge in [-0.25, -0.2) is 0 Å². The molecule has 1 aliphatic rings. The summed E-state index contributed by atoms with van der Waals surface area (Å²) in [6.07, 6.45) is 3.73. The highest BCUT2D eigenvalue weighted by atomic mass is 16.5. The minimum Gasteiger partial charge on any atom is -0.497 e. The largest absolute Gasteiger partial charge is 0.497 e. The molecule has 1 atom stereocenters. The van der Waals surface area contributed by atoms with Crippen molar-refractivity contribution in [2.45, 2.75) is 25.3 Å². The van der Waals surface area contributed by atoms with Gasteiger partial charge in [-0.05, 0) is 49.4 Å². The number of benzene rings is 1.